The van der Waals surface area contributed by atoms with Crippen LogP contribution in [0, 0.1) is 5.92 Å². The molecule has 2 aromatic rings. The number of hydrogen-bond acceptors (Lipinski definition) is 6. The average Bonchev–Trinajstić information content (AvgIpc) is 3.28. The lowest BCUT2D eigenvalue weighted by molar-refractivity contribution is -0.120. The van der Waals surface area contributed by atoms with Gasteiger partial charge < -0.3 is 4.90 Å². The summed E-state index contributed by atoms with van der Waals surface area (Å²) in [5.41, 5.74) is 1.16. The highest BCUT2D eigenvalue weighted by atomic mass is 32.2. The standard InChI is InChI=1S/C20H21N3O4S2/c1-13-8-10-22(11-9-13)18-17(16-3-2-12-28-16)19(24)23(20(18)25)14-4-6-15(7-5-14)29(21,26)27/h2-7,12-13H,8-11H2,1H3,(H2,21,26,27). The van der Waals surface area contributed by atoms with Gasteiger partial charge in [0.05, 0.1) is 16.2 Å². The van der Waals surface area contributed by atoms with Crippen LogP contribution in [-0.4, -0.2) is 38.2 Å². The van der Waals surface area contributed by atoms with Crippen LogP contribution in [-0.2, 0) is 19.6 Å². The van der Waals surface area contributed by atoms with Crippen molar-refractivity contribution in [2.75, 3.05) is 18.0 Å². The summed E-state index contributed by atoms with van der Waals surface area (Å²) in [4.78, 5) is 30.5. The number of likely N-dealkylation sites (tertiary alicyclic amines) is 1. The number of carbonyl (C=O) groups excluding carboxylic acids is 2. The number of hydrogen-bond donors (Lipinski definition) is 1. The Kier molecular flexibility index (Phi) is 5.05. The molecule has 29 heavy (non-hydrogen) atoms. The van der Waals surface area contributed by atoms with E-state index in [0.29, 0.717) is 22.9 Å². The highest BCUT2D eigenvalue weighted by molar-refractivity contribution is 7.89. The first-order valence-corrected chi connectivity index (χ1v) is 11.7. The maximum absolute atomic E-state index is 13.4. The van der Waals surface area contributed by atoms with Gasteiger partial charge in [-0.25, -0.2) is 18.5 Å². The van der Waals surface area contributed by atoms with Gasteiger partial charge in [-0.1, -0.05) is 13.0 Å². The summed E-state index contributed by atoms with van der Waals surface area (Å²) in [6.45, 7) is 3.64. The van der Waals surface area contributed by atoms with Crippen LogP contribution in [0.3, 0.4) is 0 Å². The fraction of sp³-hybridized carbons (Fsp3) is 0.300. The molecule has 0 bridgehead atoms. The summed E-state index contributed by atoms with van der Waals surface area (Å²) in [5, 5.41) is 7.02. The molecular weight excluding hydrogens is 410 g/mol. The van der Waals surface area contributed by atoms with Gasteiger partial charge in [0.2, 0.25) is 10.0 Å². The zero-order valence-corrected chi connectivity index (χ0v) is 17.5. The Balaban J connectivity index is 1.74. The molecule has 1 fully saturated rings. The number of amides is 2. The maximum atomic E-state index is 13.4. The number of imide groups is 1. The van der Waals surface area contributed by atoms with E-state index in [0.717, 1.165) is 35.7 Å². The van der Waals surface area contributed by atoms with Crippen molar-refractivity contribution in [3.63, 3.8) is 0 Å². The molecule has 0 unspecified atom stereocenters. The molecule has 7 nitrogen and oxygen atoms in total. The van der Waals surface area contributed by atoms with Crippen LogP contribution in [0.5, 0.6) is 0 Å². The number of carbonyl (C=O) groups is 2. The molecule has 0 saturated carbocycles. The first-order valence-electron chi connectivity index (χ1n) is 9.32. The van der Waals surface area contributed by atoms with Gasteiger partial charge in [0, 0.05) is 18.0 Å². The van der Waals surface area contributed by atoms with E-state index in [4.69, 9.17) is 5.14 Å². The van der Waals surface area contributed by atoms with Gasteiger partial charge in [0.15, 0.2) is 0 Å². The molecule has 1 saturated heterocycles. The Morgan fingerprint density at radius 1 is 1.03 bits per heavy atom. The summed E-state index contributed by atoms with van der Waals surface area (Å²) < 4.78 is 23.0. The van der Waals surface area contributed by atoms with Crippen molar-refractivity contribution in [1.29, 1.82) is 0 Å². The van der Waals surface area contributed by atoms with E-state index < -0.39 is 15.9 Å². The Hall–Kier alpha value is -2.49. The van der Waals surface area contributed by atoms with E-state index in [1.165, 1.54) is 35.6 Å². The molecular formula is C20H21N3O4S2. The van der Waals surface area contributed by atoms with E-state index in [9.17, 15) is 18.0 Å². The quantitative estimate of drug-likeness (QED) is 0.749. The van der Waals surface area contributed by atoms with Crippen molar-refractivity contribution in [3.05, 3.63) is 52.4 Å². The molecule has 2 aliphatic rings. The van der Waals surface area contributed by atoms with E-state index in [1.807, 2.05) is 22.4 Å². The van der Waals surface area contributed by atoms with Gasteiger partial charge in [-0.3, -0.25) is 9.59 Å². The van der Waals surface area contributed by atoms with Crippen molar-refractivity contribution in [1.82, 2.24) is 4.90 Å². The van der Waals surface area contributed by atoms with Crippen LogP contribution in [0.25, 0.3) is 5.57 Å². The maximum Gasteiger partial charge on any atom is 0.282 e. The van der Waals surface area contributed by atoms with Crippen molar-refractivity contribution < 1.29 is 18.0 Å². The van der Waals surface area contributed by atoms with Crippen LogP contribution in [0.2, 0.25) is 0 Å². The summed E-state index contributed by atoms with van der Waals surface area (Å²) in [5.74, 6) is -0.183. The van der Waals surface area contributed by atoms with Crippen LogP contribution < -0.4 is 10.0 Å². The zero-order valence-electron chi connectivity index (χ0n) is 15.9. The Morgan fingerprint density at radius 3 is 2.24 bits per heavy atom. The number of nitrogens with zero attached hydrogens (tertiary/aromatic N) is 2. The lowest BCUT2D eigenvalue weighted by Crippen LogP contribution is -2.38. The molecule has 2 amide bonds. The highest BCUT2D eigenvalue weighted by Crippen LogP contribution is 2.37. The van der Waals surface area contributed by atoms with Crippen LogP contribution >= 0.6 is 11.3 Å². The molecule has 2 N–H and O–H groups in total. The molecule has 9 heteroatoms. The third-order valence-corrected chi connectivity index (χ3v) is 7.17. The summed E-state index contributed by atoms with van der Waals surface area (Å²) in [6.07, 6.45) is 1.93. The van der Waals surface area contributed by atoms with Crippen molar-refractivity contribution in [2.24, 2.45) is 11.1 Å². The van der Waals surface area contributed by atoms with E-state index in [-0.39, 0.29) is 10.8 Å². The molecule has 1 aromatic carbocycles. The monoisotopic (exact) mass is 431 g/mol. The average molecular weight is 432 g/mol. The molecule has 0 spiro atoms. The van der Waals surface area contributed by atoms with Crippen molar-refractivity contribution >= 4 is 44.4 Å². The largest absolute Gasteiger partial charge is 0.366 e. The fourth-order valence-corrected chi connectivity index (χ4v) is 4.98. The minimum Gasteiger partial charge on any atom is -0.366 e. The second-order valence-corrected chi connectivity index (χ2v) is 9.86. The van der Waals surface area contributed by atoms with Gasteiger partial charge in [0.25, 0.3) is 11.8 Å². The van der Waals surface area contributed by atoms with Crippen LogP contribution in [0.4, 0.5) is 5.69 Å². The lowest BCUT2D eigenvalue weighted by Gasteiger charge is -2.32. The van der Waals surface area contributed by atoms with Crippen molar-refractivity contribution in [3.8, 4) is 0 Å². The zero-order chi connectivity index (χ0) is 20.8. The predicted molar refractivity (Wildman–Crippen MR) is 112 cm³/mol. The third kappa shape index (κ3) is 3.61. The highest BCUT2D eigenvalue weighted by Gasteiger charge is 2.43. The molecule has 3 heterocycles. The van der Waals surface area contributed by atoms with E-state index in [2.05, 4.69) is 6.92 Å². The van der Waals surface area contributed by atoms with Gasteiger partial charge in [-0.15, -0.1) is 11.3 Å². The number of nitrogens with two attached hydrogens (primary N) is 1. The number of piperidine rings is 1. The minimum absolute atomic E-state index is 0.0722. The van der Waals surface area contributed by atoms with Crippen molar-refractivity contribution in [2.45, 2.75) is 24.7 Å². The normalized spacial score (nSPS) is 18.8. The lowest BCUT2D eigenvalue weighted by atomic mass is 9.98. The number of thiophene rings is 1. The topological polar surface area (TPSA) is 101 Å². The summed E-state index contributed by atoms with van der Waals surface area (Å²) in [6, 6.07) is 9.16. The van der Waals surface area contributed by atoms with Gasteiger partial charge in [0.1, 0.15) is 5.70 Å². The molecule has 152 valence electrons. The first-order chi connectivity index (χ1) is 13.8. The minimum atomic E-state index is -3.85. The smallest absolute Gasteiger partial charge is 0.282 e. The first kappa shape index (κ1) is 19.8. The second kappa shape index (κ2) is 7.40. The van der Waals surface area contributed by atoms with Gasteiger partial charge >= 0.3 is 0 Å². The number of benzene rings is 1. The fourth-order valence-electron chi connectivity index (χ4n) is 3.71. The SMILES string of the molecule is CC1CCN(C2=C(c3cccs3)C(=O)N(c3ccc(S(N)(=O)=O)cc3)C2=O)CC1. The summed E-state index contributed by atoms with van der Waals surface area (Å²) >= 11 is 1.42. The van der Waals surface area contributed by atoms with E-state index >= 15 is 0 Å². The molecule has 2 aliphatic heterocycles. The Labute approximate surface area is 173 Å². The molecule has 0 radical (unpaired) electrons. The molecule has 0 aliphatic carbocycles. The second-order valence-electron chi connectivity index (χ2n) is 7.36. The molecule has 4 rings (SSSR count). The van der Waals surface area contributed by atoms with Gasteiger partial charge in [-0.2, -0.15) is 0 Å². The number of primary sulfonamides is 1. The molecule has 1 aromatic heterocycles. The number of sulfonamides is 1. The number of anilines is 1. The predicted octanol–water partition coefficient (Wildman–Crippen LogP) is 2.41. The Bertz CT molecular complexity index is 1080. The number of rotatable bonds is 4. The summed E-state index contributed by atoms with van der Waals surface area (Å²) in [7, 11) is -3.85. The Morgan fingerprint density at radius 2 is 1.69 bits per heavy atom. The molecule has 0 atom stereocenters. The van der Waals surface area contributed by atoms with Crippen LogP contribution in [0.15, 0.2) is 52.4 Å². The van der Waals surface area contributed by atoms with Crippen LogP contribution in [0.1, 0.15) is 24.6 Å². The third-order valence-electron chi connectivity index (χ3n) is 5.35. The van der Waals surface area contributed by atoms with Gasteiger partial charge in [-0.05, 0) is 54.5 Å². The van der Waals surface area contributed by atoms with E-state index in [1.54, 1.807) is 0 Å².